The molecule has 3 heteroatoms. The fourth-order valence-corrected chi connectivity index (χ4v) is 3.30. The van der Waals surface area contributed by atoms with Crippen molar-refractivity contribution in [1.82, 2.24) is 4.90 Å². The first-order valence-electron chi connectivity index (χ1n) is 6.31. The number of likely N-dealkylation sites (tertiary alicyclic amines) is 1. The standard InChI is InChI=1S/C14H19NO2/c1-15-8-7-14(11-5-3-2-4-6-11)12(10-15)9-13(16)17-14/h2-6,12-13,16H,7-10H2,1H3/t12-,13-,14-/m1/s1. The summed E-state index contributed by atoms with van der Waals surface area (Å²) >= 11 is 0. The summed E-state index contributed by atoms with van der Waals surface area (Å²) in [7, 11) is 2.14. The summed E-state index contributed by atoms with van der Waals surface area (Å²) in [5.74, 6) is 0.402. The van der Waals surface area contributed by atoms with Crippen LogP contribution in [0.5, 0.6) is 0 Å². The SMILES string of the molecule is CN1CC[C@]2(c3ccccc3)O[C@@H](O)C[C@@H]2C1. The quantitative estimate of drug-likeness (QED) is 0.799. The van der Waals surface area contributed by atoms with Gasteiger partial charge in [0.1, 0.15) is 5.60 Å². The third kappa shape index (κ3) is 1.79. The molecule has 0 bridgehead atoms. The number of piperidine rings is 1. The van der Waals surface area contributed by atoms with Crippen molar-refractivity contribution in [3.8, 4) is 0 Å². The third-order valence-electron chi connectivity index (χ3n) is 4.15. The zero-order valence-electron chi connectivity index (χ0n) is 10.2. The predicted molar refractivity (Wildman–Crippen MR) is 65.4 cm³/mol. The molecule has 1 aromatic carbocycles. The van der Waals surface area contributed by atoms with E-state index in [-0.39, 0.29) is 5.60 Å². The zero-order valence-corrected chi connectivity index (χ0v) is 10.2. The Bertz CT molecular complexity index is 394. The van der Waals surface area contributed by atoms with Crippen LogP contribution in [0.2, 0.25) is 0 Å². The van der Waals surface area contributed by atoms with E-state index in [2.05, 4.69) is 24.1 Å². The molecule has 17 heavy (non-hydrogen) atoms. The summed E-state index contributed by atoms with van der Waals surface area (Å²) in [5, 5.41) is 9.83. The lowest BCUT2D eigenvalue weighted by Gasteiger charge is -2.42. The largest absolute Gasteiger partial charge is 0.368 e. The smallest absolute Gasteiger partial charge is 0.156 e. The van der Waals surface area contributed by atoms with Gasteiger partial charge in [-0.05, 0) is 19.0 Å². The van der Waals surface area contributed by atoms with Crippen molar-refractivity contribution in [2.45, 2.75) is 24.7 Å². The van der Waals surface area contributed by atoms with Gasteiger partial charge in [-0.3, -0.25) is 0 Å². The minimum absolute atomic E-state index is 0.257. The Morgan fingerprint density at radius 1 is 1.35 bits per heavy atom. The molecule has 0 aliphatic carbocycles. The molecule has 3 rings (SSSR count). The normalized spacial score (nSPS) is 38.0. The number of rotatable bonds is 1. The Morgan fingerprint density at radius 3 is 2.88 bits per heavy atom. The van der Waals surface area contributed by atoms with Gasteiger partial charge >= 0.3 is 0 Å². The number of fused-ring (bicyclic) bond motifs is 1. The number of hydrogen-bond acceptors (Lipinski definition) is 3. The van der Waals surface area contributed by atoms with Crippen molar-refractivity contribution in [2.75, 3.05) is 20.1 Å². The Kier molecular flexibility index (Phi) is 2.69. The van der Waals surface area contributed by atoms with Gasteiger partial charge in [0.2, 0.25) is 0 Å². The van der Waals surface area contributed by atoms with E-state index in [0.717, 1.165) is 25.9 Å². The molecule has 92 valence electrons. The molecule has 2 aliphatic rings. The number of benzene rings is 1. The third-order valence-corrected chi connectivity index (χ3v) is 4.15. The summed E-state index contributed by atoms with van der Waals surface area (Å²) in [4.78, 5) is 2.33. The number of hydrogen-bond donors (Lipinski definition) is 1. The van der Waals surface area contributed by atoms with Crippen LogP contribution >= 0.6 is 0 Å². The maximum Gasteiger partial charge on any atom is 0.156 e. The van der Waals surface area contributed by atoms with Crippen LogP contribution in [0, 0.1) is 5.92 Å². The van der Waals surface area contributed by atoms with Crippen LogP contribution in [-0.2, 0) is 10.3 Å². The molecule has 0 saturated carbocycles. The van der Waals surface area contributed by atoms with E-state index in [0.29, 0.717) is 5.92 Å². The second-order valence-electron chi connectivity index (χ2n) is 5.27. The zero-order chi connectivity index (χ0) is 11.9. The Morgan fingerprint density at radius 2 is 2.12 bits per heavy atom. The van der Waals surface area contributed by atoms with Crippen LogP contribution in [-0.4, -0.2) is 36.4 Å². The maximum absolute atomic E-state index is 9.83. The molecule has 0 amide bonds. The van der Waals surface area contributed by atoms with E-state index in [1.54, 1.807) is 0 Å². The van der Waals surface area contributed by atoms with Crippen molar-refractivity contribution < 1.29 is 9.84 Å². The maximum atomic E-state index is 9.83. The molecule has 3 nitrogen and oxygen atoms in total. The van der Waals surface area contributed by atoms with Crippen LogP contribution in [0.4, 0.5) is 0 Å². The van der Waals surface area contributed by atoms with Gasteiger partial charge in [0.05, 0.1) is 0 Å². The first-order valence-corrected chi connectivity index (χ1v) is 6.31. The summed E-state index contributed by atoms with van der Waals surface area (Å²) in [5.41, 5.74) is 0.961. The summed E-state index contributed by atoms with van der Waals surface area (Å²) in [6.07, 6.45) is 1.11. The van der Waals surface area contributed by atoms with Crippen LogP contribution < -0.4 is 0 Å². The van der Waals surface area contributed by atoms with Crippen LogP contribution in [0.25, 0.3) is 0 Å². The monoisotopic (exact) mass is 233 g/mol. The van der Waals surface area contributed by atoms with Gasteiger partial charge in [0.25, 0.3) is 0 Å². The lowest BCUT2D eigenvalue weighted by molar-refractivity contribution is -0.160. The molecule has 3 atom stereocenters. The van der Waals surface area contributed by atoms with Gasteiger partial charge < -0.3 is 14.7 Å². The average molecular weight is 233 g/mol. The van der Waals surface area contributed by atoms with E-state index < -0.39 is 6.29 Å². The van der Waals surface area contributed by atoms with Crippen molar-refractivity contribution in [3.05, 3.63) is 35.9 Å². The first kappa shape index (κ1) is 11.2. The Hall–Kier alpha value is -0.900. The van der Waals surface area contributed by atoms with Crippen LogP contribution in [0.3, 0.4) is 0 Å². The number of nitrogens with zero attached hydrogens (tertiary/aromatic N) is 1. The molecule has 2 aliphatic heterocycles. The Labute approximate surface area is 102 Å². The molecule has 0 spiro atoms. The van der Waals surface area contributed by atoms with Gasteiger partial charge in [0, 0.05) is 25.4 Å². The van der Waals surface area contributed by atoms with Gasteiger partial charge in [-0.2, -0.15) is 0 Å². The molecular weight excluding hydrogens is 214 g/mol. The summed E-state index contributed by atoms with van der Waals surface area (Å²) < 4.78 is 5.92. The van der Waals surface area contributed by atoms with Crippen molar-refractivity contribution in [1.29, 1.82) is 0 Å². The highest BCUT2D eigenvalue weighted by atomic mass is 16.6. The van der Waals surface area contributed by atoms with Crippen molar-refractivity contribution >= 4 is 0 Å². The Balaban J connectivity index is 1.98. The van der Waals surface area contributed by atoms with Crippen molar-refractivity contribution in [2.24, 2.45) is 5.92 Å². The number of ether oxygens (including phenoxy) is 1. The fraction of sp³-hybridized carbons (Fsp3) is 0.571. The second kappa shape index (κ2) is 4.09. The average Bonchev–Trinajstić information content (AvgIpc) is 2.67. The molecule has 0 aromatic heterocycles. The number of aliphatic hydroxyl groups is 1. The minimum Gasteiger partial charge on any atom is -0.368 e. The molecule has 2 heterocycles. The first-order chi connectivity index (χ1) is 8.21. The van der Waals surface area contributed by atoms with E-state index >= 15 is 0 Å². The highest BCUT2D eigenvalue weighted by Gasteiger charge is 2.51. The van der Waals surface area contributed by atoms with Gasteiger partial charge in [-0.25, -0.2) is 0 Å². The van der Waals surface area contributed by atoms with E-state index in [4.69, 9.17) is 4.74 Å². The number of aliphatic hydroxyl groups excluding tert-OH is 1. The molecule has 0 radical (unpaired) electrons. The lowest BCUT2D eigenvalue weighted by atomic mass is 9.76. The highest BCUT2D eigenvalue weighted by molar-refractivity contribution is 5.26. The fourth-order valence-electron chi connectivity index (χ4n) is 3.30. The molecule has 2 fully saturated rings. The molecule has 1 aromatic rings. The second-order valence-corrected chi connectivity index (χ2v) is 5.27. The summed E-state index contributed by atoms with van der Waals surface area (Å²) in [6, 6.07) is 10.4. The van der Waals surface area contributed by atoms with Crippen LogP contribution in [0.1, 0.15) is 18.4 Å². The minimum atomic E-state index is -0.605. The van der Waals surface area contributed by atoms with Gasteiger partial charge in [-0.15, -0.1) is 0 Å². The molecular formula is C14H19NO2. The molecule has 0 unspecified atom stereocenters. The van der Waals surface area contributed by atoms with E-state index in [9.17, 15) is 5.11 Å². The van der Waals surface area contributed by atoms with E-state index in [1.807, 2.05) is 18.2 Å². The topological polar surface area (TPSA) is 32.7 Å². The molecule has 1 N–H and O–H groups in total. The lowest BCUT2D eigenvalue weighted by Crippen LogP contribution is -2.46. The van der Waals surface area contributed by atoms with Crippen molar-refractivity contribution in [3.63, 3.8) is 0 Å². The molecule has 2 saturated heterocycles. The predicted octanol–water partition coefficient (Wildman–Crippen LogP) is 1.57. The van der Waals surface area contributed by atoms with E-state index in [1.165, 1.54) is 5.56 Å². The van der Waals surface area contributed by atoms with Gasteiger partial charge in [-0.1, -0.05) is 30.3 Å². The van der Waals surface area contributed by atoms with Gasteiger partial charge in [0.15, 0.2) is 6.29 Å². The van der Waals surface area contributed by atoms with Crippen LogP contribution in [0.15, 0.2) is 30.3 Å². The summed E-state index contributed by atoms with van der Waals surface area (Å²) in [6.45, 7) is 2.03. The highest BCUT2D eigenvalue weighted by Crippen LogP contribution is 2.48.